The fourth-order valence-electron chi connectivity index (χ4n) is 1.71. The quantitative estimate of drug-likeness (QED) is 0.348. The molecule has 0 saturated heterocycles. The normalized spacial score (nSPS) is 14.7. The summed E-state index contributed by atoms with van der Waals surface area (Å²) < 4.78 is 0. The lowest BCUT2D eigenvalue weighted by Gasteiger charge is -2.11. The number of nitrogens with one attached hydrogen (secondary N) is 2. The smallest absolute Gasteiger partial charge is 0.191 e. The molecule has 1 aliphatic carbocycles. The first-order valence-electron chi connectivity index (χ1n) is 6.97. The molecule has 1 aromatic rings. The van der Waals surface area contributed by atoms with Gasteiger partial charge in [-0.1, -0.05) is 43.7 Å². The van der Waals surface area contributed by atoms with E-state index in [1.165, 1.54) is 31.2 Å². The summed E-state index contributed by atoms with van der Waals surface area (Å²) in [6.45, 7) is 3.95. The van der Waals surface area contributed by atoms with Gasteiger partial charge in [0, 0.05) is 12.6 Å². The summed E-state index contributed by atoms with van der Waals surface area (Å²) in [6, 6.07) is 11.0. The molecule has 0 unspecified atom stereocenters. The summed E-state index contributed by atoms with van der Waals surface area (Å²) in [6.07, 6.45) is 4.96. The maximum absolute atomic E-state index is 4.64. The van der Waals surface area contributed by atoms with Crippen molar-refractivity contribution >= 4 is 29.9 Å². The number of hydrogen-bond acceptors (Lipinski definition) is 1. The summed E-state index contributed by atoms with van der Waals surface area (Å²) >= 11 is 0. The molecule has 1 aliphatic rings. The topological polar surface area (TPSA) is 36.4 Å². The molecule has 1 saturated carbocycles. The molecule has 0 atom stereocenters. The van der Waals surface area contributed by atoms with Gasteiger partial charge in [0.1, 0.15) is 0 Å². The lowest BCUT2D eigenvalue weighted by Crippen LogP contribution is -2.39. The monoisotopic (exact) mass is 373 g/mol. The molecular weight excluding hydrogens is 349 g/mol. The Morgan fingerprint density at radius 2 is 2.00 bits per heavy atom. The Labute approximate surface area is 133 Å². The van der Waals surface area contributed by atoms with Crippen LogP contribution in [0, 0.1) is 0 Å². The molecule has 3 nitrogen and oxygen atoms in total. The molecule has 1 aromatic carbocycles. The van der Waals surface area contributed by atoms with Crippen LogP contribution in [-0.4, -0.2) is 18.5 Å². The third kappa shape index (κ3) is 6.80. The van der Waals surface area contributed by atoms with Crippen LogP contribution < -0.4 is 10.6 Å². The van der Waals surface area contributed by atoms with Crippen molar-refractivity contribution in [3.05, 3.63) is 35.9 Å². The number of hydrogen-bond donors (Lipinski definition) is 2. The highest BCUT2D eigenvalue weighted by atomic mass is 127. The van der Waals surface area contributed by atoms with Crippen molar-refractivity contribution in [2.45, 2.75) is 45.2 Å². The van der Waals surface area contributed by atoms with Crippen LogP contribution in [0.15, 0.2) is 35.3 Å². The Balaban J connectivity index is 0.00000180. The molecule has 0 aliphatic heterocycles. The number of aliphatic imine (C=N–C) groups is 1. The molecule has 0 bridgehead atoms. The molecule has 19 heavy (non-hydrogen) atoms. The van der Waals surface area contributed by atoms with E-state index >= 15 is 0 Å². The molecule has 0 amide bonds. The molecule has 0 aromatic heterocycles. The van der Waals surface area contributed by atoms with Crippen molar-refractivity contribution in [2.24, 2.45) is 4.99 Å². The van der Waals surface area contributed by atoms with E-state index in [1.54, 1.807) is 0 Å². The van der Waals surface area contributed by atoms with E-state index in [0.717, 1.165) is 19.0 Å². The van der Waals surface area contributed by atoms with Crippen molar-refractivity contribution in [3.63, 3.8) is 0 Å². The zero-order valence-electron chi connectivity index (χ0n) is 11.6. The van der Waals surface area contributed by atoms with Gasteiger partial charge in [0.25, 0.3) is 0 Å². The minimum Gasteiger partial charge on any atom is -0.356 e. The van der Waals surface area contributed by atoms with Crippen LogP contribution in [0.25, 0.3) is 0 Å². The van der Waals surface area contributed by atoms with Gasteiger partial charge in [0.2, 0.25) is 0 Å². The van der Waals surface area contributed by atoms with Crippen LogP contribution in [-0.2, 0) is 6.54 Å². The van der Waals surface area contributed by atoms with Crippen LogP contribution in [0.5, 0.6) is 0 Å². The zero-order valence-corrected chi connectivity index (χ0v) is 13.9. The van der Waals surface area contributed by atoms with Crippen molar-refractivity contribution in [1.82, 2.24) is 10.6 Å². The average Bonchev–Trinajstić information content (AvgIpc) is 3.21. The standard InChI is InChI=1S/C15H23N3.HI/c1-2-3-11-16-15(18-14-9-10-14)17-12-13-7-5-4-6-8-13;/h4-8,14H,2-3,9-12H2,1H3,(H2,16,17,18);1H. The minimum absolute atomic E-state index is 0. The molecule has 106 valence electrons. The first-order valence-corrected chi connectivity index (χ1v) is 6.97. The number of unbranched alkanes of at least 4 members (excludes halogenated alkanes) is 1. The molecule has 0 spiro atoms. The Kier molecular flexibility index (Phi) is 7.86. The summed E-state index contributed by atoms with van der Waals surface area (Å²) in [5.41, 5.74) is 1.25. The van der Waals surface area contributed by atoms with Crippen LogP contribution in [0.3, 0.4) is 0 Å². The molecular formula is C15H24IN3. The fraction of sp³-hybridized carbons (Fsp3) is 0.533. The van der Waals surface area contributed by atoms with E-state index in [0.29, 0.717) is 6.04 Å². The summed E-state index contributed by atoms with van der Waals surface area (Å²) in [4.78, 5) is 4.64. The van der Waals surface area contributed by atoms with Gasteiger partial charge in [-0.3, -0.25) is 0 Å². The van der Waals surface area contributed by atoms with Gasteiger partial charge in [-0.2, -0.15) is 0 Å². The van der Waals surface area contributed by atoms with Crippen LogP contribution in [0.2, 0.25) is 0 Å². The van der Waals surface area contributed by atoms with Gasteiger partial charge >= 0.3 is 0 Å². The van der Waals surface area contributed by atoms with Gasteiger partial charge in [-0.15, -0.1) is 24.0 Å². The predicted octanol–water partition coefficient (Wildman–Crippen LogP) is 3.30. The first kappa shape index (κ1) is 16.3. The van der Waals surface area contributed by atoms with Crippen molar-refractivity contribution in [1.29, 1.82) is 0 Å². The molecule has 2 N–H and O–H groups in total. The van der Waals surface area contributed by atoms with Crippen molar-refractivity contribution in [3.8, 4) is 0 Å². The van der Waals surface area contributed by atoms with Crippen LogP contribution in [0.4, 0.5) is 0 Å². The predicted molar refractivity (Wildman–Crippen MR) is 92.1 cm³/mol. The zero-order chi connectivity index (χ0) is 12.6. The third-order valence-electron chi connectivity index (χ3n) is 3.00. The minimum atomic E-state index is 0. The molecule has 4 heteroatoms. The summed E-state index contributed by atoms with van der Waals surface area (Å²) in [7, 11) is 0. The van der Waals surface area contributed by atoms with E-state index in [2.05, 4.69) is 46.8 Å². The summed E-state index contributed by atoms with van der Waals surface area (Å²) in [5.74, 6) is 0.967. The largest absolute Gasteiger partial charge is 0.356 e. The van der Waals surface area contributed by atoms with Gasteiger partial charge in [-0.25, -0.2) is 4.99 Å². The molecule has 0 radical (unpaired) electrons. The second kappa shape index (κ2) is 9.18. The van der Waals surface area contributed by atoms with Crippen molar-refractivity contribution in [2.75, 3.05) is 6.54 Å². The van der Waals surface area contributed by atoms with Gasteiger partial charge in [-0.05, 0) is 24.8 Å². The molecule has 2 rings (SSSR count). The maximum atomic E-state index is 4.64. The van der Waals surface area contributed by atoms with E-state index in [4.69, 9.17) is 0 Å². The number of rotatable bonds is 6. The highest BCUT2D eigenvalue weighted by Crippen LogP contribution is 2.18. The lowest BCUT2D eigenvalue weighted by molar-refractivity contribution is 0.723. The summed E-state index contributed by atoms with van der Waals surface area (Å²) in [5, 5.41) is 6.86. The second-order valence-electron chi connectivity index (χ2n) is 4.85. The maximum Gasteiger partial charge on any atom is 0.191 e. The highest BCUT2D eigenvalue weighted by Gasteiger charge is 2.22. The number of halogens is 1. The van der Waals surface area contributed by atoms with Gasteiger partial charge in [0.05, 0.1) is 6.54 Å². The van der Waals surface area contributed by atoms with Gasteiger partial charge < -0.3 is 10.6 Å². The number of guanidine groups is 1. The lowest BCUT2D eigenvalue weighted by atomic mass is 10.2. The SMILES string of the molecule is CCCCNC(=NCc1ccccc1)NC1CC1.I. The van der Waals surface area contributed by atoms with E-state index < -0.39 is 0 Å². The molecule has 1 fully saturated rings. The highest BCUT2D eigenvalue weighted by molar-refractivity contribution is 14.0. The van der Waals surface area contributed by atoms with Crippen molar-refractivity contribution < 1.29 is 0 Å². The van der Waals surface area contributed by atoms with E-state index in [-0.39, 0.29) is 24.0 Å². The number of benzene rings is 1. The Bertz CT molecular complexity index is 374. The number of nitrogens with zero attached hydrogens (tertiary/aromatic N) is 1. The third-order valence-corrected chi connectivity index (χ3v) is 3.00. The van der Waals surface area contributed by atoms with E-state index in [9.17, 15) is 0 Å². The van der Waals surface area contributed by atoms with Crippen LogP contribution >= 0.6 is 24.0 Å². The van der Waals surface area contributed by atoms with Gasteiger partial charge in [0.15, 0.2) is 5.96 Å². The molecule has 0 heterocycles. The second-order valence-corrected chi connectivity index (χ2v) is 4.85. The van der Waals surface area contributed by atoms with Crippen LogP contribution in [0.1, 0.15) is 38.2 Å². The Morgan fingerprint density at radius 1 is 1.26 bits per heavy atom. The fourth-order valence-corrected chi connectivity index (χ4v) is 1.71. The van der Waals surface area contributed by atoms with E-state index in [1.807, 2.05) is 6.07 Å². The first-order chi connectivity index (χ1) is 8.88. The average molecular weight is 373 g/mol. The Morgan fingerprint density at radius 3 is 2.63 bits per heavy atom. The Hall–Kier alpha value is -0.780.